The maximum Gasteiger partial charge on any atom is 0.274 e. The number of non-ortho nitro benzene ring substituents is 2. The Morgan fingerprint density at radius 3 is 2.03 bits per heavy atom. The summed E-state index contributed by atoms with van der Waals surface area (Å²) in [5.74, 6) is -1.09. The van der Waals surface area contributed by atoms with Crippen molar-refractivity contribution in [2.75, 3.05) is 5.32 Å². The lowest BCUT2D eigenvalue weighted by atomic mass is 10.1. The van der Waals surface area contributed by atoms with Crippen molar-refractivity contribution >= 4 is 28.8 Å². The fourth-order valence-corrected chi connectivity index (χ4v) is 2.54. The van der Waals surface area contributed by atoms with E-state index >= 15 is 0 Å². The third-order valence-electron chi connectivity index (χ3n) is 3.98. The summed E-state index contributed by atoms with van der Waals surface area (Å²) in [6.45, 7) is 0. The number of Topliss-reactive ketones (excluding diaryl/α,β-unsaturated/α-hetero) is 1. The standard InChI is InChI=1S/C18H13N5O6/c24-15(9-11-1-5-13(6-2-11)22(26)27)16-17(20-10-19-16)18(25)21-12-3-7-14(8-4-12)23(28)29/h1-8,10H,9H2,(H,19,20)(H,21,25). The first kappa shape index (κ1) is 19.4. The van der Waals surface area contributed by atoms with E-state index in [-0.39, 0.29) is 29.2 Å². The number of aromatic nitrogens is 2. The van der Waals surface area contributed by atoms with Crippen molar-refractivity contribution in [2.45, 2.75) is 6.42 Å². The average Bonchev–Trinajstić information content (AvgIpc) is 3.19. The number of rotatable bonds is 7. The van der Waals surface area contributed by atoms with Gasteiger partial charge in [-0.1, -0.05) is 12.1 Å². The first-order valence-electron chi connectivity index (χ1n) is 8.21. The molecule has 0 spiro atoms. The first-order valence-corrected chi connectivity index (χ1v) is 8.21. The summed E-state index contributed by atoms with van der Waals surface area (Å²) in [6.07, 6.45) is 1.11. The van der Waals surface area contributed by atoms with Crippen molar-refractivity contribution in [3.8, 4) is 0 Å². The Morgan fingerprint density at radius 2 is 1.48 bits per heavy atom. The van der Waals surface area contributed by atoms with E-state index in [1.807, 2.05) is 0 Å². The molecular formula is C18H13N5O6. The molecular weight excluding hydrogens is 382 g/mol. The monoisotopic (exact) mass is 395 g/mol. The quantitative estimate of drug-likeness (QED) is 0.353. The lowest BCUT2D eigenvalue weighted by Crippen LogP contribution is -2.17. The predicted molar refractivity (Wildman–Crippen MR) is 101 cm³/mol. The summed E-state index contributed by atoms with van der Waals surface area (Å²) in [5, 5.41) is 23.9. The number of H-pyrrole nitrogens is 1. The number of imidazole rings is 1. The molecule has 1 heterocycles. The van der Waals surface area contributed by atoms with Crippen molar-refractivity contribution in [3.05, 3.63) is 92.0 Å². The molecule has 0 unspecified atom stereocenters. The molecule has 0 saturated carbocycles. The number of ketones is 1. The van der Waals surface area contributed by atoms with Gasteiger partial charge in [0.15, 0.2) is 5.78 Å². The second-order valence-corrected chi connectivity index (χ2v) is 5.91. The van der Waals surface area contributed by atoms with Gasteiger partial charge in [0.05, 0.1) is 16.2 Å². The minimum absolute atomic E-state index is 0.0599. The number of nitro benzene ring substituents is 2. The number of anilines is 1. The minimum Gasteiger partial charge on any atom is -0.340 e. The predicted octanol–water partition coefficient (Wildman–Crippen LogP) is 2.90. The highest BCUT2D eigenvalue weighted by atomic mass is 16.6. The molecule has 2 aromatic carbocycles. The van der Waals surface area contributed by atoms with E-state index in [0.29, 0.717) is 11.3 Å². The van der Waals surface area contributed by atoms with Crippen LogP contribution >= 0.6 is 0 Å². The highest BCUT2D eigenvalue weighted by Crippen LogP contribution is 2.18. The van der Waals surface area contributed by atoms with Gasteiger partial charge in [0, 0.05) is 36.4 Å². The molecule has 11 heteroatoms. The van der Waals surface area contributed by atoms with Crippen molar-refractivity contribution in [2.24, 2.45) is 0 Å². The summed E-state index contributed by atoms with van der Waals surface area (Å²) in [6, 6.07) is 10.7. The summed E-state index contributed by atoms with van der Waals surface area (Å²) >= 11 is 0. The van der Waals surface area contributed by atoms with E-state index in [9.17, 15) is 29.8 Å². The number of nitrogens with zero attached hydrogens (tertiary/aromatic N) is 3. The van der Waals surface area contributed by atoms with Gasteiger partial charge in [0.25, 0.3) is 17.3 Å². The van der Waals surface area contributed by atoms with E-state index in [1.54, 1.807) is 0 Å². The zero-order valence-electron chi connectivity index (χ0n) is 14.7. The Bertz CT molecular complexity index is 1000. The Morgan fingerprint density at radius 1 is 0.931 bits per heavy atom. The van der Waals surface area contributed by atoms with Crippen LogP contribution in [0.15, 0.2) is 54.9 Å². The number of benzene rings is 2. The molecule has 146 valence electrons. The SMILES string of the molecule is O=C(Cc1ccc([N+](=O)[O-])cc1)c1nc[nH]c1C(=O)Nc1ccc([N+](=O)[O-])cc1. The van der Waals surface area contributed by atoms with Crippen LogP contribution in [0, 0.1) is 20.2 Å². The molecule has 0 aliphatic carbocycles. The maximum atomic E-state index is 12.5. The number of carbonyl (C=O) groups excluding carboxylic acids is 2. The number of hydrogen-bond donors (Lipinski definition) is 2. The van der Waals surface area contributed by atoms with Crippen LogP contribution in [0.5, 0.6) is 0 Å². The number of aromatic amines is 1. The number of nitrogens with one attached hydrogen (secondary N) is 2. The molecule has 1 amide bonds. The van der Waals surface area contributed by atoms with Gasteiger partial charge in [-0.05, 0) is 17.7 Å². The van der Waals surface area contributed by atoms with E-state index in [2.05, 4.69) is 15.3 Å². The molecule has 2 N–H and O–H groups in total. The number of nitro groups is 2. The van der Waals surface area contributed by atoms with Gasteiger partial charge in [-0.25, -0.2) is 4.98 Å². The average molecular weight is 395 g/mol. The Hall–Kier alpha value is -4.41. The molecule has 0 atom stereocenters. The third-order valence-corrected chi connectivity index (χ3v) is 3.98. The minimum atomic E-state index is -0.636. The number of hydrogen-bond acceptors (Lipinski definition) is 7. The first-order chi connectivity index (χ1) is 13.8. The van der Waals surface area contributed by atoms with Gasteiger partial charge in [-0.15, -0.1) is 0 Å². The van der Waals surface area contributed by atoms with Crippen LogP contribution in [0.4, 0.5) is 17.1 Å². The lowest BCUT2D eigenvalue weighted by molar-refractivity contribution is -0.385. The maximum absolute atomic E-state index is 12.5. The fraction of sp³-hybridized carbons (Fsp3) is 0.0556. The van der Waals surface area contributed by atoms with Crippen LogP contribution in [-0.4, -0.2) is 31.5 Å². The normalized spacial score (nSPS) is 10.3. The molecule has 3 rings (SSSR count). The number of carbonyl (C=O) groups is 2. The molecule has 0 aliphatic rings. The highest BCUT2D eigenvalue weighted by molar-refractivity contribution is 6.11. The fourth-order valence-electron chi connectivity index (χ4n) is 2.54. The van der Waals surface area contributed by atoms with Gasteiger partial charge < -0.3 is 10.3 Å². The molecule has 0 radical (unpaired) electrons. The molecule has 29 heavy (non-hydrogen) atoms. The smallest absolute Gasteiger partial charge is 0.274 e. The van der Waals surface area contributed by atoms with Crippen molar-refractivity contribution in [3.63, 3.8) is 0 Å². The lowest BCUT2D eigenvalue weighted by Gasteiger charge is -2.05. The number of amides is 1. The van der Waals surface area contributed by atoms with Crippen LogP contribution in [0.1, 0.15) is 26.5 Å². The van der Waals surface area contributed by atoms with Gasteiger partial charge in [-0.2, -0.15) is 0 Å². The molecule has 0 saturated heterocycles. The van der Waals surface area contributed by atoms with E-state index in [4.69, 9.17) is 0 Å². The van der Waals surface area contributed by atoms with Crippen molar-refractivity contribution in [1.82, 2.24) is 9.97 Å². The van der Waals surface area contributed by atoms with E-state index < -0.39 is 21.5 Å². The summed E-state index contributed by atoms with van der Waals surface area (Å²) in [5.41, 5.74) is 0.486. The van der Waals surface area contributed by atoms with Crippen LogP contribution < -0.4 is 5.32 Å². The zero-order chi connectivity index (χ0) is 21.0. The summed E-state index contributed by atoms with van der Waals surface area (Å²) < 4.78 is 0. The second kappa shape index (κ2) is 8.08. The van der Waals surface area contributed by atoms with Gasteiger partial charge in [-0.3, -0.25) is 29.8 Å². The summed E-state index contributed by atoms with van der Waals surface area (Å²) in [4.78, 5) is 51.7. The van der Waals surface area contributed by atoms with E-state index in [0.717, 1.165) is 0 Å². The Balaban J connectivity index is 1.72. The zero-order valence-corrected chi connectivity index (χ0v) is 14.7. The van der Waals surface area contributed by atoms with Gasteiger partial charge in [0.2, 0.25) is 0 Å². The Kier molecular flexibility index (Phi) is 5.39. The third kappa shape index (κ3) is 4.47. The van der Waals surface area contributed by atoms with Crippen LogP contribution in [0.2, 0.25) is 0 Å². The van der Waals surface area contributed by atoms with Crippen LogP contribution in [0.3, 0.4) is 0 Å². The Labute approximate surface area is 162 Å². The van der Waals surface area contributed by atoms with Gasteiger partial charge in [0.1, 0.15) is 11.4 Å². The molecule has 11 nitrogen and oxygen atoms in total. The summed E-state index contributed by atoms with van der Waals surface area (Å²) in [7, 11) is 0. The second-order valence-electron chi connectivity index (χ2n) is 5.91. The largest absolute Gasteiger partial charge is 0.340 e. The molecule has 0 fully saturated rings. The molecule has 3 aromatic rings. The van der Waals surface area contributed by atoms with Crippen LogP contribution in [0.25, 0.3) is 0 Å². The highest BCUT2D eigenvalue weighted by Gasteiger charge is 2.21. The van der Waals surface area contributed by atoms with Crippen LogP contribution in [-0.2, 0) is 6.42 Å². The molecule has 0 bridgehead atoms. The van der Waals surface area contributed by atoms with E-state index in [1.165, 1.54) is 54.9 Å². The molecule has 1 aromatic heterocycles. The van der Waals surface area contributed by atoms with Gasteiger partial charge >= 0.3 is 0 Å². The molecule has 0 aliphatic heterocycles. The topological polar surface area (TPSA) is 161 Å². The van der Waals surface area contributed by atoms with Crippen molar-refractivity contribution in [1.29, 1.82) is 0 Å². The van der Waals surface area contributed by atoms with Crippen molar-refractivity contribution < 1.29 is 19.4 Å².